The van der Waals surface area contributed by atoms with E-state index in [9.17, 15) is 4.79 Å². The van der Waals surface area contributed by atoms with Crippen LogP contribution in [0, 0.1) is 0 Å². The Morgan fingerprint density at radius 3 is 2.78 bits per heavy atom. The van der Waals surface area contributed by atoms with E-state index in [4.69, 9.17) is 14.2 Å². The molecule has 0 saturated carbocycles. The van der Waals surface area contributed by atoms with Crippen LogP contribution in [-0.2, 0) is 19.5 Å². The first-order valence-corrected chi connectivity index (χ1v) is 10.7. The maximum absolute atomic E-state index is 13.4. The molecule has 1 aromatic heterocycles. The molecule has 2 amide bonds. The summed E-state index contributed by atoms with van der Waals surface area (Å²) in [7, 11) is 1.61. The van der Waals surface area contributed by atoms with Gasteiger partial charge in [0.2, 0.25) is 6.79 Å². The summed E-state index contributed by atoms with van der Waals surface area (Å²) in [6, 6.07) is 12.4. The van der Waals surface area contributed by atoms with E-state index in [-0.39, 0.29) is 19.4 Å². The van der Waals surface area contributed by atoms with Crippen LogP contribution in [0.3, 0.4) is 0 Å². The number of rotatable bonds is 5. The average Bonchev–Trinajstić information content (AvgIpc) is 3.37. The molecule has 0 unspecified atom stereocenters. The monoisotopic (exact) mass is 435 g/mol. The number of methoxy groups -OCH3 is 1. The maximum Gasteiger partial charge on any atom is 0.326 e. The second-order valence-corrected chi connectivity index (χ2v) is 7.78. The van der Waals surface area contributed by atoms with Crippen molar-refractivity contribution >= 4 is 17.4 Å². The fourth-order valence-corrected chi connectivity index (χ4v) is 4.00. The van der Waals surface area contributed by atoms with Crippen LogP contribution in [0.2, 0.25) is 0 Å². The minimum atomic E-state index is -0.278. The molecule has 0 fully saturated rings. The van der Waals surface area contributed by atoms with Gasteiger partial charge in [0.25, 0.3) is 0 Å². The normalized spacial score (nSPS) is 14.4. The van der Waals surface area contributed by atoms with Crippen LogP contribution in [0.4, 0.5) is 16.2 Å². The number of nitrogens with one attached hydrogen (secondary N) is 1. The second kappa shape index (κ2) is 8.78. The first kappa shape index (κ1) is 20.2. The highest BCUT2D eigenvalue weighted by Gasteiger charge is 2.24. The molecule has 3 heterocycles. The van der Waals surface area contributed by atoms with Gasteiger partial charge in [-0.3, -0.25) is 4.90 Å². The van der Waals surface area contributed by atoms with Crippen LogP contribution >= 0.6 is 0 Å². The zero-order valence-corrected chi connectivity index (χ0v) is 17.9. The third kappa shape index (κ3) is 4.05. The molecule has 0 spiro atoms. The SMILES string of the molecule is COc1ccc(NC(=O)N(Cc2nnc3n2CCCCC3)c2ccc3c(c2)OCO3)cc1. The maximum atomic E-state index is 13.4. The summed E-state index contributed by atoms with van der Waals surface area (Å²) in [6.07, 6.45) is 4.28. The Labute approximate surface area is 185 Å². The van der Waals surface area contributed by atoms with Gasteiger partial charge in [0.1, 0.15) is 11.6 Å². The van der Waals surface area contributed by atoms with E-state index in [0.717, 1.165) is 43.2 Å². The highest BCUT2D eigenvalue weighted by atomic mass is 16.7. The van der Waals surface area contributed by atoms with Gasteiger partial charge in [0, 0.05) is 30.4 Å². The van der Waals surface area contributed by atoms with Gasteiger partial charge in [0.15, 0.2) is 17.3 Å². The lowest BCUT2D eigenvalue weighted by atomic mass is 10.2. The topological polar surface area (TPSA) is 90.7 Å². The van der Waals surface area contributed by atoms with Crippen LogP contribution in [-0.4, -0.2) is 34.7 Å². The van der Waals surface area contributed by atoms with Crippen LogP contribution < -0.4 is 24.4 Å². The Morgan fingerprint density at radius 2 is 1.94 bits per heavy atom. The molecule has 32 heavy (non-hydrogen) atoms. The fourth-order valence-electron chi connectivity index (χ4n) is 4.00. The van der Waals surface area contributed by atoms with E-state index in [2.05, 4.69) is 20.1 Å². The van der Waals surface area contributed by atoms with Crippen molar-refractivity contribution in [3.05, 3.63) is 54.1 Å². The molecule has 9 heteroatoms. The van der Waals surface area contributed by atoms with Crippen molar-refractivity contribution in [2.24, 2.45) is 0 Å². The van der Waals surface area contributed by atoms with Gasteiger partial charge in [-0.25, -0.2) is 4.79 Å². The number of hydrogen-bond acceptors (Lipinski definition) is 6. The van der Waals surface area contributed by atoms with E-state index in [1.54, 1.807) is 36.3 Å². The smallest absolute Gasteiger partial charge is 0.326 e. The first-order chi connectivity index (χ1) is 15.7. The predicted molar refractivity (Wildman–Crippen MR) is 118 cm³/mol. The number of carbonyl (C=O) groups excluding carboxylic acids is 1. The van der Waals surface area contributed by atoms with Crippen molar-refractivity contribution in [1.82, 2.24) is 14.8 Å². The number of ether oxygens (including phenoxy) is 3. The summed E-state index contributed by atoms with van der Waals surface area (Å²) in [5.74, 6) is 3.76. The molecule has 1 N–H and O–H groups in total. The zero-order valence-electron chi connectivity index (χ0n) is 17.9. The minimum absolute atomic E-state index is 0.175. The van der Waals surface area contributed by atoms with Gasteiger partial charge in [-0.2, -0.15) is 0 Å². The molecule has 2 aromatic carbocycles. The standard InChI is InChI=1S/C23H25N5O4/c1-30-18-9-6-16(7-10-18)24-23(29)28(17-8-11-19-20(13-17)32-15-31-19)14-22-26-25-21-5-3-2-4-12-27(21)22/h6-11,13H,2-5,12,14-15H2,1H3,(H,24,29). The molecule has 0 saturated heterocycles. The predicted octanol–water partition coefficient (Wildman–Crippen LogP) is 3.98. The number of urea groups is 1. The summed E-state index contributed by atoms with van der Waals surface area (Å²) in [6.45, 7) is 1.33. The minimum Gasteiger partial charge on any atom is -0.497 e. The molecule has 0 bridgehead atoms. The summed E-state index contributed by atoms with van der Waals surface area (Å²) < 4.78 is 18.3. The van der Waals surface area contributed by atoms with E-state index >= 15 is 0 Å². The van der Waals surface area contributed by atoms with Crippen molar-refractivity contribution in [2.45, 2.75) is 38.8 Å². The van der Waals surface area contributed by atoms with Crippen LogP contribution in [0.15, 0.2) is 42.5 Å². The van der Waals surface area contributed by atoms with Crippen LogP contribution in [0.5, 0.6) is 17.2 Å². The number of aromatic nitrogens is 3. The highest BCUT2D eigenvalue weighted by Crippen LogP contribution is 2.36. The molecule has 3 aromatic rings. The highest BCUT2D eigenvalue weighted by molar-refractivity contribution is 6.01. The summed E-state index contributed by atoms with van der Waals surface area (Å²) >= 11 is 0. The van der Waals surface area contributed by atoms with Gasteiger partial charge >= 0.3 is 6.03 Å². The van der Waals surface area contributed by atoms with E-state index < -0.39 is 0 Å². The quantitative estimate of drug-likeness (QED) is 0.652. The number of benzene rings is 2. The number of hydrogen-bond donors (Lipinski definition) is 1. The summed E-state index contributed by atoms with van der Waals surface area (Å²) in [5.41, 5.74) is 1.35. The number of fused-ring (bicyclic) bond motifs is 2. The van der Waals surface area contributed by atoms with E-state index in [0.29, 0.717) is 22.9 Å². The number of amides is 2. The van der Waals surface area contributed by atoms with Crippen LogP contribution in [0.1, 0.15) is 30.9 Å². The lowest BCUT2D eigenvalue weighted by Gasteiger charge is -2.23. The summed E-state index contributed by atoms with van der Waals surface area (Å²) in [4.78, 5) is 15.0. The molecule has 0 radical (unpaired) electrons. The van der Waals surface area contributed by atoms with Crippen LogP contribution in [0.25, 0.3) is 0 Å². The number of aryl methyl sites for hydroxylation is 1. The molecule has 0 aliphatic carbocycles. The van der Waals surface area contributed by atoms with Crippen molar-refractivity contribution in [3.63, 3.8) is 0 Å². The third-order valence-corrected chi connectivity index (χ3v) is 5.74. The molecule has 2 aliphatic heterocycles. The molecular weight excluding hydrogens is 410 g/mol. The fraction of sp³-hybridized carbons (Fsp3) is 0.348. The number of anilines is 2. The Kier molecular flexibility index (Phi) is 5.53. The summed E-state index contributed by atoms with van der Waals surface area (Å²) in [5, 5.41) is 11.8. The van der Waals surface area contributed by atoms with Gasteiger partial charge in [-0.05, 0) is 49.2 Å². The molecule has 5 rings (SSSR count). The first-order valence-electron chi connectivity index (χ1n) is 10.7. The molecular formula is C23H25N5O4. The molecule has 166 valence electrons. The van der Waals surface area contributed by atoms with Gasteiger partial charge in [-0.15, -0.1) is 10.2 Å². The van der Waals surface area contributed by atoms with Crippen molar-refractivity contribution in [2.75, 3.05) is 24.1 Å². The Balaban J connectivity index is 1.44. The van der Waals surface area contributed by atoms with Gasteiger partial charge < -0.3 is 24.1 Å². The largest absolute Gasteiger partial charge is 0.497 e. The van der Waals surface area contributed by atoms with Crippen molar-refractivity contribution in [1.29, 1.82) is 0 Å². The van der Waals surface area contributed by atoms with E-state index in [1.807, 2.05) is 18.2 Å². The van der Waals surface area contributed by atoms with Gasteiger partial charge in [0.05, 0.1) is 13.7 Å². The lowest BCUT2D eigenvalue weighted by molar-refractivity contribution is 0.174. The number of carbonyl (C=O) groups is 1. The van der Waals surface area contributed by atoms with Crippen molar-refractivity contribution in [3.8, 4) is 17.2 Å². The average molecular weight is 435 g/mol. The Morgan fingerprint density at radius 1 is 1.09 bits per heavy atom. The van der Waals surface area contributed by atoms with Gasteiger partial charge in [-0.1, -0.05) is 6.42 Å². The molecule has 9 nitrogen and oxygen atoms in total. The second-order valence-electron chi connectivity index (χ2n) is 7.78. The molecule has 0 atom stereocenters. The van der Waals surface area contributed by atoms with Crippen molar-refractivity contribution < 1.29 is 19.0 Å². The Hall–Kier alpha value is -3.75. The third-order valence-electron chi connectivity index (χ3n) is 5.74. The van der Waals surface area contributed by atoms with E-state index in [1.165, 1.54) is 6.42 Å². The Bertz CT molecular complexity index is 1110. The lowest BCUT2D eigenvalue weighted by Crippen LogP contribution is -2.35. The molecule has 2 aliphatic rings. The number of nitrogens with zero attached hydrogens (tertiary/aromatic N) is 4. The zero-order chi connectivity index (χ0) is 21.9.